The van der Waals surface area contributed by atoms with Crippen LogP contribution in [0.25, 0.3) is 11.3 Å². The Hall–Kier alpha value is -0.750. The Morgan fingerprint density at radius 1 is 1.22 bits per heavy atom. The number of ether oxygens (including phenoxy) is 2. The monoisotopic (exact) mass is 325 g/mol. The molecule has 0 amide bonds. The molecule has 2 heterocycles. The van der Waals surface area contributed by atoms with Crippen molar-refractivity contribution in [3.05, 3.63) is 39.1 Å². The van der Waals surface area contributed by atoms with E-state index in [2.05, 4.69) is 38.4 Å². The first-order valence-corrected chi connectivity index (χ1v) is 7.41. The van der Waals surface area contributed by atoms with Crippen LogP contribution in [0.1, 0.15) is 11.1 Å². The van der Waals surface area contributed by atoms with Gasteiger partial charge in [0.2, 0.25) is 0 Å². The van der Waals surface area contributed by atoms with Crippen LogP contribution in [0.15, 0.2) is 34.1 Å². The van der Waals surface area contributed by atoms with Gasteiger partial charge in [0, 0.05) is 15.4 Å². The molecular weight excluding hydrogens is 314 g/mol. The predicted molar refractivity (Wildman–Crippen MR) is 74.8 cm³/mol. The maximum absolute atomic E-state index is 5.65. The zero-order valence-electron chi connectivity index (χ0n) is 9.64. The molecule has 5 heteroatoms. The van der Waals surface area contributed by atoms with Crippen molar-refractivity contribution in [1.29, 1.82) is 0 Å². The molecule has 0 spiro atoms. The van der Waals surface area contributed by atoms with Gasteiger partial charge < -0.3 is 9.47 Å². The van der Waals surface area contributed by atoms with Gasteiger partial charge in [-0.05, 0) is 12.1 Å². The summed E-state index contributed by atoms with van der Waals surface area (Å²) in [6.45, 7) is 1.94. The lowest BCUT2D eigenvalue weighted by Gasteiger charge is -2.20. The van der Waals surface area contributed by atoms with Crippen molar-refractivity contribution in [2.24, 2.45) is 0 Å². The van der Waals surface area contributed by atoms with Gasteiger partial charge in [0.25, 0.3) is 0 Å². The summed E-state index contributed by atoms with van der Waals surface area (Å²) < 4.78 is 12.1. The van der Waals surface area contributed by atoms with Crippen molar-refractivity contribution in [3.8, 4) is 11.3 Å². The number of rotatable bonds is 2. The molecule has 0 aliphatic carbocycles. The third-order valence-corrected chi connectivity index (χ3v) is 4.22. The highest BCUT2D eigenvalue weighted by Gasteiger charge is 2.20. The number of benzene rings is 1. The number of aromatic nitrogens is 1. The van der Waals surface area contributed by atoms with Crippen LogP contribution in [0.4, 0.5) is 0 Å². The van der Waals surface area contributed by atoms with Crippen LogP contribution in [-0.4, -0.2) is 24.8 Å². The van der Waals surface area contributed by atoms with Gasteiger partial charge in [-0.25, -0.2) is 4.98 Å². The number of hydrogen-bond acceptors (Lipinski definition) is 4. The topological polar surface area (TPSA) is 31.4 Å². The molecule has 1 saturated heterocycles. The first-order valence-electron chi connectivity index (χ1n) is 5.73. The molecule has 0 bridgehead atoms. The van der Waals surface area contributed by atoms with Gasteiger partial charge in [0.15, 0.2) is 0 Å². The molecule has 0 radical (unpaired) electrons. The number of halogens is 1. The molecule has 1 fully saturated rings. The van der Waals surface area contributed by atoms with E-state index in [0.717, 1.165) is 20.7 Å². The van der Waals surface area contributed by atoms with E-state index in [9.17, 15) is 0 Å². The molecule has 1 aliphatic heterocycles. The van der Waals surface area contributed by atoms with Crippen LogP contribution in [0.5, 0.6) is 0 Å². The molecule has 94 valence electrons. The summed E-state index contributed by atoms with van der Waals surface area (Å²) in [5, 5.41) is 3.06. The minimum Gasteiger partial charge on any atom is -0.376 e. The summed E-state index contributed by atoms with van der Waals surface area (Å²) in [4.78, 5) is 4.63. The summed E-state index contributed by atoms with van der Waals surface area (Å²) in [6.07, 6.45) is -0.00653. The van der Waals surface area contributed by atoms with E-state index in [4.69, 9.17) is 9.47 Å². The summed E-state index contributed by atoms with van der Waals surface area (Å²) in [7, 11) is 0. The summed E-state index contributed by atoms with van der Waals surface area (Å²) in [5.74, 6) is 0. The first-order chi connectivity index (χ1) is 8.83. The highest BCUT2D eigenvalue weighted by Crippen LogP contribution is 2.29. The van der Waals surface area contributed by atoms with Crippen LogP contribution in [-0.2, 0) is 9.47 Å². The standard InChI is InChI=1S/C13H12BrNO2S/c14-10-3-1-9(2-4-10)11-8-18-13(15-11)12-7-16-5-6-17-12/h1-4,8,12H,5-7H2. The van der Waals surface area contributed by atoms with Gasteiger partial charge in [-0.15, -0.1) is 11.3 Å². The highest BCUT2D eigenvalue weighted by molar-refractivity contribution is 9.10. The highest BCUT2D eigenvalue weighted by atomic mass is 79.9. The fourth-order valence-electron chi connectivity index (χ4n) is 1.82. The van der Waals surface area contributed by atoms with Gasteiger partial charge in [0.1, 0.15) is 11.1 Å². The molecule has 1 atom stereocenters. The largest absolute Gasteiger partial charge is 0.376 e. The normalized spacial score (nSPS) is 19.9. The zero-order valence-corrected chi connectivity index (χ0v) is 12.0. The molecule has 18 heavy (non-hydrogen) atoms. The lowest BCUT2D eigenvalue weighted by molar-refractivity contribution is -0.0901. The minimum absolute atomic E-state index is 0.00653. The van der Waals surface area contributed by atoms with Gasteiger partial charge in [-0.3, -0.25) is 0 Å². The van der Waals surface area contributed by atoms with Crippen LogP contribution >= 0.6 is 27.3 Å². The third kappa shape index (κ3) is 2.64. The average Bonchev–Trinajstić information content (AvgIpc) is 2.90. The predicted octanol–water partition coefficient (Wildman–Crippen LogP) is 3.66. The Morgan fingerprint density at radius 2 is 2.06 bits per heavy atom. The van der Waals surface area contributed by atoms with Crippen LogP contribution in [0.2, 0.25) is 0 Å². The van der Waals surface area contributed by atoms with Gasteiger partial charge >= 0.3 is 0 Å². The second-order valence-corrected chi connectivity index (χ2v) is 5.82. The fraction of sp³-hybridized carbons (Fsp3) is 0.308. The maximum Gasteiger partial charge on any atom is 0.132 e. The molecule has 2 aromatic rings. The Balaban J connectivity index is 1.82. The minimum atomic E-state index is -0.00653. The van der Waals surface area contributed by atoms with E-state index >= 15 is 0 Å². The number of nitrogens with zero attached hydrogens (tertiary/aromatic N) is 1. The van der Waals surface area contributed by atoms with E-state index in [0.29, 0.717) is 19.8 Å². The van der Waals surface area contributed by atoms with E-state index in [1.807, 2.05) is 12.1 Å². The molecule has 0 N–H and O–H groups in total. The van der Waals surface area contributed by atoms with Crippen LogP contribution < -0.4 is 0 Å². The Bertz CT molecular complexity index is 520. The SMILES string of the molecule is Brc1ccc(-c2csc(C3COCCO3)n2)cc1. The molecule has 1 unspecified atom stereocenters. The zero-order chi connectivity index (χ0) is 12.4. The van der Waals surface area contributed by atoms with Crippen molar-refractivity contribution >= 4 is 27.3 Å². The quantitative estimate of drug-likeness (QED) is 0.844. The van der Waals surface area contributed by atoms with E-state index in [-0.39, 0.29) is 6.10 Å². The smallest absolute Gasteiger partial charge is 0.132 e. The fourth-order valence-corrected chi connectivity index (χ4v) is 2.94. The van der Waals surface area contributed by atoms with Crippen molar-refractivity contribution < 1.29 is 9.47 Å². The maximum atomic E-state index is 5.65. The van der Waals surface area contributed by atoms with Crippen LogP contribution in [0, 0.1) is 0 Å². The number of thiazole rings is 1. The summed E-state index contributed by atoms with van der Waals surface area (Å²) >= 11 is 5.06. The second-order valence-electron chi connectivity index (χ2n) is 4.01. The van der Waals surface area contributed by atoms with E-state index in [1.54, 1.807) is 11.3 Å². The van der Waals surface area contributed by atoms with Crippen molar-refractivity contribution in [3.63, 3.8) is 0 Å². The second kappa shape index (κ2) is 5.48. The van der Waals surface area contributed by atoms with Gasteiger partial charge in [-0.2, -0.15) is 0 Å². The Labute approximate surface area is 118 Å². The third-order valence-electron chi connectivity index (χ3n) is 2.75. The van der Waals surface area contributed by atoms with Crippen molar-refractivity contribution in [2.75, 3.05) is 19.8 Å². The molecule has 1 aliphatic rings. The molecule has 1 aromatic carbocycles. The average molecular weight is 326 g/mol. The van der Waals surface area contributed by atoms with Gasteiger partial charge in [-0.1, -0.05) is 28.1 Å². The lowest BCUT2D eigenvalue weighted by Crippen LogP contribution is -2.21. The molecule has 0 saturated carbocycles. The number of hydrogen-bond donors (Lipinski definition) is 0. The summed E-state index contributed by atoms with van der Waals surface area (Å²) in [6, 6.07) is 8.16. The van der Waals surface area contributed by atoms with Crippen LogP contribution in [0.3, 0.4) is 0 Å². The first kappa shape index (κ1) is 12.3. The molecule has 3 nitrogen and oxygen atoms in total. The molecule has 1 aromatic heterocycles. The Morgan fingerprint density at radius 3 is 2.78 bits per heavy atom. The Kier molecular flexibility index (Phi) is 3.75. The lowest BCUT2D eigenvalue weighted by atomic mass is 10.2. The van der Waals surface area contributed by atoms with E-state index in [1.165, 1.54) is 0 Å². The summed E-state index contributed by atoms with van der Waals surface area (Å²) in [5.41, 5.74) is 2.12. The molecule has 3 rings (SSSR count). The van der Waals surface area contributed by atoms with E-state index < -0.39 is 0 Å². The van der Waals surface area contributed by atoms with Gasteiger partial charge in [0.05, 0.1) is 25.5 Å². The van der Waals surface area contributed by atoms with Crippen molar-refractivity contribution in [1.82, 2.24) is 4.98 Å². The van der Waals surface area contributed by atoms with Crippen molar-refractivity contribution in [2.45, 2.75) is 6.10 Å². The molecular formula is C13H12BrNO2S.